The second-order valence-corrected chi connectivity index (χ2v) is 6.62. The number of carbonyl (C=O) groups is 1. The third-order valence-electron chi connectivity index (χ3n) is 4.23. The minimum Gasteiger partial charge on any atom is -0.349 e. The highest BCUT2D eigenvalue weighted by atomic mass is 16.1. The van der Waals surface area contributed by atoms with Crippen LogP contribution in [0, 0.1) is 6.92 Å². The van der Waals surface area contributed by atoms with Crippen LogP contribution in [0.4, 0.5) is 11.6 Å². The van der Waals surface area contributed by atoms with Gasteiger partial charge in [-0.2, -0.15) is 0 Å². The van der Waals surface area contributed by atoms with Gasteiger partial charge in [-0.05, 0) is 36.1 Å². The van der Waals surface area contributed by atoms with Crippen molar-refractivity contribution >= 4 is 17.5 Å². The Hall–Kier alpha value is -3.28. The number of amides is 1. The number of carbonyl (C=O) groups excluding carboxylic acids is 1. The van der Waals surface area contributed by atoms with E-state index in [4.69, 9.17) is 0 Å². The molecule has 0 aliphatic heterocycles. The summed E-state index contributed by atoms with van der Waals surface area (Å²) in [5.41, 5.74) is 4.30. The van der Waals surface area contributed by atoms with Gasteiger partial charge in [-0.3, -0.25) is 9.78 Å². The van der Waals surface area contributed by atoms with Gasteiger partial charge in [-0.25, -0.2) is 9.97 Å². The summed E-state index contributed by atoms with van der Waals surface area (Å²) < 4.78 is 0. The number of rotatable bonds is 6. The molecule has 0 atom stereocenters. The minimum absolute atomic E-state index is 0.220. The highest BCUT2D eigenvalue weighted by Gasteiger charge is 2.14. The molecular weight excluding hydrogens is 338 g/mol. The van der Waals surface area contributed by atoms with Crippen molar-refractivity contribution in [1.82, 2.24) is 15.0 Å². The third-order valence-corrected chi connectivity index (χ3v) is 4.23. The maximum atomic E-state index is 12.6. The van der Waals surface area contributed by atoms with Crippen molar-refractivity contribution in [3.8, 4) is 0 Å². The number of pyridine rings is 1. The van der Waals surface area contributed by atoms with Gasteiger partial charge in [0.05, 0.1) is 17.8 Å². The Bertz CT molecular complexity index is 908. The number of aromatic nitrogens is 3. The van der Waals surface area contributed by atoms with E-state index in [2.05, 4.69) is 39.4 Å². The largest absolute Gasteiger partial charge is 0.349 e. The molecule has 0 aliphatic rings. The van der Waals surface area contributed by atoms with Crippen LogP contribution in [0.25, 0.3) is 0 Å². The van der Waals surface area contributed by atoms with Gasteiger partial charge in [0.25, 0.3) is 5.91 Å². The summed E-state index contributed by atoms with van der Waals surface area (Å²) in [6, 6.07) is 11.7. The molecule has 0 saturated heterocycles. The lowest BCUT2D eigenvalue weighted by Gasteiger charge is -2.16. The van der Waals surface area contributed by atoms with E-state index in [1.807, 2.05) is 43.3 Å². The summed E-state index contributed by atoms with van der Waals surface area (Å²) in [5.74, 6) is 0.549. The van der Waals surface area contributed by atoms with E-state index in [0.717, 1.165) is 22.5 Å². The van der Waals surface area contributed by atoms with Crippen LogP contribution < -0.4 is 10.6 Å². The zero-order valence-electron chi connectivity index (χ0n) is 15.7. The highest BCUT2D eigenvalue weighted by molar-refractivity contribution is 6.04. The predicted octanol–water partition coefficient (Wildman–Crippen LogP) is 4.17. The van der Waals surface area contributed by atoms with Gasteiger partial charge in [-0.1, -0.05) is 38.1 Å². The first-order valence-electron chi connectivity index (χ1n) is 8.91. The van der Waals surface area contributed by atoms with Crippen molar-refractivity contribution in [1.29, 1.82) is 0 Å². The number of aryl methyl sites for hydroxylation is 1. The van der Waals surface area contributed by atoms with Crippen molar-refractivity contribution in [2.24, 2.45) is 0 Å². The van der Waals surface area contributed by atoms with E-state index in [1.54, 1.807) is 6.20 Å². The topological polar surface area (TPSA) is 79.8 Å². The van der Waals surface area contributed by atoms with Crippen LogP contribution in [0.15, 0.2) is 55.0 Å². The minimum atomic E-state index is -0.220. The van der Waals surface area contributed by atoms with Crippen molar-refractivity contribution in [3.63, 3.8) is 0 Å². The molecule has 138 valence electrons. The average molecular weight is 361 g/mol. The Morgan fingerprint density at radius 3 is 2.48 bits per heavy atom. The summed E-state index contributed by atoms with van der Waals surface area (Å²) in [6.07, 6.45) is 4.79. The van der Waals surface area contributed by atoms with E-state index >= 15 is 0 Å². The number of para-hydroxylation sites is 1. The lowest BCUT2D eigenvalue weighted by atomic mass is 9.98. The molecule has 3 rings (SSSR count). The van der Waals surface area contributed by atoms with Crippen molar-refractivity contribution in [2.75, 3.05) is 10.6 Å². The Balaban J connectivity index is 1.68. The molecule has 6 heteroatoms. The summed E-state index contributed by atoms with van der Waals surface area (Å²) in [7, 11) is 0. The van der Waals surface area contributed by atoms with Gasteiger partial charge in [-0.15, -0.1) is 0 Å². The Morgan fingerprint density at radius 2 is 1.81 bits per heavy atom. The number of nitrogens with one attached hydrogen (secondary N) is 2. The van der Waals surface area contributed by atoms with E-state index in [-0.39, 0.29) is 5.91 Å². The number of anilines is 2. The highest BCUT2D eigenvalue weighted by Crippen LogP contribution is 2.27. The van der Waals surface area contributed by atoms with Crippen LogP contribution in [0.3, 0.4) is 0 Å². The predicted molar refractivity (Wildman–Crippen MR) is 107 cm³/mol. The van der Waals surface area contributed by atoms with E-state index in [9.17, 15) is 4.79 Å². The monoisotopic (exact) mass is 361 g/mol. The van der Waals surface area contributed by atoms with Gasteiger partial charge in [0, 0.05) is 24.3 Å². The number of benzene rings is 1. The molecule has 0 radical (unpaired) electrons. The van der Waals surface area contributed by atoms with Crippen molar-refractivity contribution in [2.45, 2.75) is 33.2 Å². The molecule has 0 bridgehead atoms. The summed E-state index contributed by atoms with van der Waals surface area (Å²) in [5, 5.41) is 6.10. The van der Waals surface area contributed by atoms with Gasteiger partial charge in [0.1, 0.15) is 0 Å². The standard InChI is InChI=1S/C21H23N5O/c1-14(2)18-9-6-7-15(3)19(18)26-20(27)16-11-23-21(24-12-16)25-13-17-8-4-5-10-22-17/h4-12,14H,13H2,1-3H3,(H,26,27)(H,23,24,25). The smallest absolute Gasteiger partial charge is 0.258 e. The van der Waals surface area contributed by atoms with Crippen LogP contribution >= 0.6 is 0 Å². The molecule has 1 aromatic carbocycles. The molecule has 3 aromatic rings. The first-order chi connectivity index (χ1) is 13.0. The van der Waals surface area contributed by atoms with Gasteiger partial charge < -0.3 is 10.6 Å². The average Bonchev–Trinajstić information content (AvgIpc) is 2.69. The Kier molecular flexibility index (Phi) is 5.76. The Labute approximate surface area is 159 Å². The second-order valence-electron chi connectivity index (χ2n) is 6.62. The van der Waals surface area contributed by atoms with Crippen LogP contribution in [0.2, 0.25) is 0 Å². The Morgan fingerprint density at radius 1 is 1.04 bits per heavy atom. The summed E-state index contributed by atoms with van der Waals surface area (Å²) >= 11 is 0. The van der Waals surface area contributed by atoms with E-state index in [1.165, 1.54) is 12.4 Å². The molecule has 2 heterocycles. The maximum Gasteiger partial charge on any atom is 0.258 e. The molecular formula is C21H23N5O. The van der Waals surface area contributed by atoms with Crippen LogP contribution in [0.5, 0.6) is 0 Å². The molecule has 0 unspecified atom stereocenters. The molecule has 0 fully saturated rings. The van der Waals surface area contributed by atoms with Gasteiger partial charge in [0.15, 0.2) is 0 Å². The maximum absolute atomic E-state index is 12.6. The van der Waals surface area contributed by atoms with E-state index in [0.29, 0.717) is 24.0 Å². The second kappa shape index (κ2) is 8.40. The fourth-order valence-corrected chi connectivity index (χ4v) is 2.74. The molecule has 2 aromatic heterocycles. The van der Waals surface area contributed by atoms with Crippen molar-refractivity contribution in [3.05, 3.63) is 77.4 Å². The van der Waals surface area contributed by atoms with Gasteiger partial charge >= 0.3 is 0 Å². The SMILES string of the molecule is Cc1cccc(C(C)C)c1NC(=O)c1cnc(NCc2ccccn2)nc1. The zero-order valence-corrected chi connectivity index (χ0v) is 15.7. The van der Waals surface area contributed by atoms with Gasteiger partial charge in [0.2, 0.25) is 5.95 Å². The third kappa shape index (κ3) is 4.67. The number of nitrogens with zero attached hydrogens (tertiary/aromatic N) is 3. The van der Waals surface area contributed by atoms with E-state index < -0.39 is 0 Å². The molecule has 2 N–H and O–H groups in total. The first kappa shape index (κ1) is 18.5. The lowest BCUT2D eigenvalue weighted by molar-refractivity contribution is 0.102. The molecule has 0 spiro atoms. The number of hydrogen-bond donors (Lipinski definition) is 2. The molecule has 0 aliphatic carbocycles. The normalized spacial score (nSPS) is 10.7. The number of hydrogen-bond acceptors (Lipinski definition) is 5. The summed E-state index contributed by atoms with van der Waals surface area (Å²) in [6.45, 7) is 6.72. The fourth-order valence-electron chi connectivity index (χ4n) is 2.74. The molecule has 0 saturated carbocycles. The van der Waals surface area contributed by atoms with Crippen LogP contribution in [-0.4, -0.2) is 20.9 Å². The van der Waals surface area contributed by atoms with Crippen LogP contribution in [-0.2, 0) is 6.54 Å². The summed E-state index contributed by atoms with van der Waals surface area (Å²) in [4.78, 5) is 25.3. The molecule has 27 heavy (non-hydrogen) atoms. The molecule has 1 amide bonds. The quantitative estimate of drug-likeness (QED) is 0.689. The zero-order chi connectivity index (χ0) is 19.2. The van der Waals surface area contributed by atoms with Crippen molar-refractivity contribution < 1.29 is 4.79 Å². The fraction of sp³-hybridized carbons (Fsp3) is 0.238. The lowest BCUT2D eigenvalue weighted by Crippen LogP contribution is -2.16. The first-order valence-corrected chi connectivity index (χ1v) is 8.91. The van der Waals surface area contributed by atoms with Crippen LogP contribution in [0.1, 0.15) is 46.9 Å². The molecule has 6 nitrogen and oxygen atoms in total.